The van der Waals surface area contributed by atoms with Gasteiger partial charge in [0.05, 0.1) is 17.9 Å². The average Bonchev–Trinajstić information content (AvgIpc) is 3.51. The molecular formula is C28H36ClN3O5. The van der Waals surface area contributed by atoms with E-state index in [1.54, 1.807) is 36.3 Å². The molecule has 5 rings (SSSR count). The highest BCUT2D eigenvalue weighted by atomic mass is 35.5. The van der Waals surface area contributed by atoms with Gasteiger partial charge in [-0.15, -0.1) is 0 Å². The van der Waals surface area contributed by atoms with Crippen molar-refractivity contribution in [2.24, 2.45) is 23.7 Å². The number of amides is 3. The predicted octanol–water partition coefficient (Wildman–Crippen LogP) is 3.41. The lowest BCUT2D eigenvalue weighted by Gasteiger charge is -2.38. The lowest BCUT2D eigenvalue weighted by Crippen LogP contribution is -2.58. The molecule has 3 aliphatic heterocycles. The molecule has 2 saturated heterocycles. The Morgan fingerprint density at radius 3 is 2.68 bits per heavy atom. The average molecular weight is 530 g/mol. The van der Waals surface area contributed by atoms with Crippen LogP contribution >= 0.6 is 11.6 Å². The summed E-state index contributed by atoms with van der Waals surface area (Å²) in [6.45, 7) is 5.22. The first-order valence-corrected chi connectivity index (χ1v) is 13.7. The summed E-state index contributed by atoms with van der Waals surface area (Å²) in [6, 6.07) is 6.05. The molecule has 8 nitrogen and oxygen atoms in total. The number of benzene rings is 1. The van der Waals surface area contributed by atoms with Gasteiger partial charge in [0, 0.05) is 37.0 Å². The molecule has 1 aliphatic carbocycles. The molecule has 8 atom stereocenters. The Kier molecular flexibility index (Phi) is 7.35. The Morgan fingerprint density at radius 2 is 1.95 bits per heavy atom. The smallest absolute Gasteiger partial charge is 0.246 e. The highest BCUT2D eigenvalue weighted by molar-refractivity contribution is 6.30. The van der Waals surface area contributed by atoms with Crippen LogP contribution in [0.15, 0.2) is 36.4 Å². The van der Waals surface area contributed by atoms with Gasteiger partial charge in [0.15, 0.2) is 0 Å². The monoisotopic (exact) mass is 529 g/mol. The number of carbonyl (C=O) groups excluding carboxylic acids is 3. The molecule has 1 spiro atoms. The number of likely N-dealkylation sites (tertiary alicyclic amines) is 1. The highest BCUT2D eigenvalue weighted by Gasteiger charge is 2.72. The zero-order chi connectivity index (χ0) is 26.3. The van der Waals surface area contributed by atoms with Gasteiger partial charge in [-0.25, -0.2) is 0 Å². The summed E-state index contributed by atoms with van der Waals surface area (Å²) in [5.41, 5.74) is -0.572. The van der Waals surface area contributed by atoms with Crippen molar-refractivity contribution >= 4 is 35.0 Å². The van der Waals surface area contributed by atoms with E-state index in [1.165, 1.54) is 0 Å². The van der Waals surface area contributed by atoms with Gasteiger partial charge in [0.1, 0.15) is 11.6 Å². The van der Waals surface area contributed by atoms with Crippen molar-refractivity contribution in [2.75, 3.05) is 25.6 Å². The van der Waals surface area contributed by atoms with E-state index in [4.69, 9.17) is 21.1 Å². The number of rotatable bonds is 8. The van der Waals surface area contributed by atoms with Gasteiger partial charge in [-0.2, -0.15) is 0 Å². The summed E-state index contributed by atoms with van der Waals surface area (Å²) in [6.07, 6.45) is 6.84. The number of methoxy groups -OCH3 is 1. The third kappa shape index (κ3) is 4.57. The number of hydrogen-bond acceptors (Lipinski definition) is 5. The molecule has 0 unspecified atom stereocenters. The fourth-order valence-electron chi connectivity index (χ4n) is 6.69. The first-order chi connectivity index (χ1) is 17.8. The quantitative estimate of drug-likeness (QED) is 0.397. The molecule has 37 heavy (non-hydrogen) atoms. The summed E-state index contributed by atoms with van der Waals surface area (Å²) in [5.74, 6) is -1.36. The molecule has 9 heteroatoms. The summed E-state index contributed by atoms with van der Waals surface area (Å²) in [7, 11) is 1.61. The Bertz CT molecular complexity index is 1080. The van der Waals surface area contributed by atoms with Crippen LogP contribution in [0.1, 0.15) is 39.5 Å². The fraction of sp³-hybridized carbons (Fsp3) is 0.607. The van der Waals surface area contributed by atoms with Crippen molar-refractivity contribution < 1.29 is 23.9 Å². The summed E-state index contributed by atoms with van der Waals surface area (Å²) in [4.78, 5) is 42.9. The van der Waals surface area contributed by atoms with Crippen molar-refractivity contribution in [3.05, 3.63) is 41.4 Å². The molecule has 2 N–H and O–H groups in total. The van der Waals surface area contributed by atoms with Gasteiger partial charge in [-0.05, 0) is 48.9 Å². The van der Waals surface area contributed by atoms with Crippen LogP contribution < -0.4 is 10.6 Å². The topological polar surface area (TPSA) is 97.0 Å². The maximum Gasteiger partial charge on any atom is 0.246 e. The van der Waals surface area contributed by atoms with E-state index in [0.29, 0.717) is 42.1 Å². The van der Waals surface area contributed by atoms with Gasteiger partial charge in [0.25, 0.3) is 0 Å². The third-order valence-electron chi connectivity index (χ3n) is 8.82. The van der Waals surface area contributed by atoms with Crippen LogP contribution in [0.25, 0.3) is 0 Å². The van der Waals surface area contributed by atoms with Gasteiger partial charge >= 0.3 is 0 Å². The molecular weight excluding hydrogens is 494 g/mol. The Labute approximate surface area is 223 Å². The molecule has 3 heterocycles. The Morgan fingerprint density at radius 1 is 1.19 bits per heavy atom. The Balaban J connectivity index is 1.42. The SMILES string of the molecule is COCCCN1C(=O)[C@H]2[C@H](C(=O)Nc3ccc(Cl)cc3)[C@H]3C=C[C@@]2(O3)[C@@H]1C(=O)N[C@@H]1CCC[C@H](C)[C@H]1C. The number of hydrogen-bond donors (Lipinski definition) is 2. The van der Waals surface area contributed by atoms with Crippen LogP contribution in [-0.4, -0.2) is 66.7 Å². The van der Waals surface area contributed by atoms with Crippen LogP contribution in [0.5, 0.6) is 0 Å². The van der Waals surface area contributed by atoms with Crippen LogP contribution in [0.2, 0.25) is 5.02 Å². The number of carbonyl (C=O) groups is 3. The first kappa shape index (κ1) is 26.2. The number of nitrogens with one attached hydrogen (secondary N) is 2. The van der Waals surface area contributed by atoms with Gasteiger partial charge < -0.3 is 25.0 Å². The van der Waals surface area contributed by atoms with Crippen molar-refractivity contribution in [3.63, 3.8) is 0 Å². The summed E-state index contributed by atoms with van der Waals surface area (Å²) >= 11 is 5.98. The van der Waals surface area contributed by atoms with E-state index in [0.717, 1.165) is 19.3 Å². The lowest BCUT2D eigenvalue weighted by molar-refractivity contribution is -0.141. The second-order valence-corrected chi connectivity index (χ2v) is 11.4. The largest absolute Gasteiger partial charge is 0.385 e. The minimum absolute atomic E-state index is 0.0502. The van der Waals surface area contributed by atoms with E-state index >= 15 is 0 Å². The number of ether oxygens (including phenoxy) is 2. The standard InChI is InChI=1S/C28H36ClN3O5/c1-16-6-4-7-20(17(16)2)31-26(34)24-28-13-12-21(37-28)22(23(28)27(35)32(24)14-5-15-36-3)25(33)30-19-10-8-18(29)9-11-19/h8-13,16-17,20-24H,4-7,14-15H2,1-3H3,(H,30,33)(H,31,34)/t16-,17+,20+,21+,22+,23+,24-,28-/m0/s1. The minimum Gasteiger partial charge on any atom is -0.385 e. The Hall–Kier alpha value is -2.42. The van der Waals surface area contributed by atoms with Crippen molar-refractivity contribution in [1.29, 1.82) is 0 Å². The van der Waals surface area contributed by atoms with Crippen LogP contribution in [-0.2, 0) is 23.9 Å². The minimum atomic E-state index is -1.16. The van der Waals surface area contributed by atoms with E-state index in [9.17, 15) is 14.4 Å². The molecule has 1 saturated carbocycles. The molecule has 1 aromatic carbocycles. The number of anilines is 1. The van der Waals surface area contributed by atoms with Gasteiger partial charge in [0.2, 0.25) is 17.7 Å². The number of nitrogens with zero attached hydrogens (tertiary/aromatic N) is 1. The zero-order valence-corrected chi connectivity index (χ0v) is 22.4. The summed E-state index contributed by atoms with van der Waals surface area (Å²) < 4.78 is 11.6. The number of halogens is 1. The lowest BCUT2D eigenvalue weighted by atomic mass is 9.73. The highest BCUT2D eigenvalue weighted by Crippen LogP contribution is 2.55. The van der Waals surface area contributed by atoms with Crippen LogP contribution in [0.3, 0.4) is 0 Å². The third-order valence-corrected chi connectivity index (χ3v) is 9.07. The fourth-order valence-corrected chi connectivity index (χ4v) is 6.82. The van der Waals surface area contributed by atoms with Gasteiger partial charge in [-0.3, -0.25) is 14.4 Å². The normalized spacial score (nSPS) is 36.1. The van der Waals surface area contributed by atoms with E-state index in [1.807, 2.05) is 12.2 Å². The molecule has 0 radical (unpaired) electrons. The second-order valence-electron chi connectivity index (χ2n) is 11.0. The maximum atomic E-state index is 13.9. The molecule has 4 aliphatic rings. The van der Waals surface area contributed by atoms with Crippen molar-refractivity contribution in [3.8, 4) is 0 Å². The summed E-state index contributed by atoms with van der Waals surface area (Å²) in [5, 5.41) is 6.75. The first-order valence-electron chi connectivity index (χ1n) is 13.3. The van der Waals surface area contributed by atoms with E-state index in [2.05, 4.69) is 24.5 Å². The van der Waals surface area contributed by atoms with E-state index in [-0.39, 0.29) is 23.8 Å². The van der Waals surface area contributed by atoms with Crippen LogP contribution in [0.4, 0.5) is 5.69 Å². The second kappa shape index (κ2) is 10.4. The molecule has 200 valence electrons. The number of fused-ring (bicyclic) bond motifs is 1. The van der Waals surface area contributed by atoms with Crippen molar-refractivity contribution in [1.82, 2.24) is 10.2 Å². The zero-order valence-electron chi connectivity index (χ0n) is 21.6. The van der Waals surface area contributed by atoms with E-state index < -0.39 is 29.6 Å². The van der Waals surface area contributed by atoms with Crippen LogP contribution in [0, 0.1) is 23.7 Å². The molecule has 3 fully saturated rings. The van der Waals surface area contributed by atoms with Gasteiger partial charge in [-0.1, -0.05) is 50.4 Å². The molecule has 3 amide bonds. The van der Waals surface area contributed by atoms with Crippen molar-refractivity contribution in [2.45, 2.75) is 63.3 Å². The molecule has 2 bridgehead atoms. The maximum absolute atomic E-state index is 13.9. The predicted molar refractivity (Wildman–Crippen MR) is 140 cm³/mol. The molecule has 1 aromatic rings. The molecule has 0 aromatic heterocycles.